The van der Waals surface area contributed by atoms with Gasteiger partial charge in [-0.3, -0.25) is 9.78 Å². The molecular weight excluding hydrogens is 300 g/mol. The Kier molecular flexibility index (Phi) is 4.38. The van der Waals surface area contributed by atoms with Crippen LogP contribution in [0.1, 0.15) is 26.3 Å². The van der Waals surface area contributed by atoms with Crippen LogP contribution in [0, 0.1) is 0 Å². The van der Waals surface area contributed by atoms with Crippen LogP contribution in [-0.4, -0.2) is 16.2 Å². The fourth-order valence-corrected chi connectivity index (χ4v) is 2.66. The van der Waals surface area contributed by atoms with E-state index >= 15 is 0 Å². The first-order valence-corrected chi connectivity index (χ1v) is 8.12. The second-order valence-electron chi connectivity index (χ2n) is 6.89. The van der Waals surface area contributed by atoms with Crippen molar-refractivity contribution in [1.29, 1.82) is 0 Å². The summed E-state index contributed by atoms with van der Waals surface area (Å²) in [7, 11) is 0. The standard InChI is InChI=1S/C20H22N2O2/c1-20(2,3)15-5-4-6-16(13-15)24-12-11-22-10-8-19(23)17-7-9-21-14-18(17)22/h4-10,13-14H,11-12H2,1-3H3. The van der Waals surface area contributed by atoms with Gasteiger partial charge >= 0.3 is 0 Å². The van der Waals surface area contributed by atoms with Crippen LogP contribution in [0.15, 0.2) is 59.8 Å². The molecule has 0 aliphatic carbocycles. The molecule has 0 saturated carbocycles. The quantitative estimate of drug-likeness (QED) is 0.734. The summed E-state index contributed by atoms with van der Waals surface area (Å²) in [5.41, 5.74) is 2.19. The highest BCUT2D eigenvalue weighted by Gasteiger charge is 2.13. The number of nitrogens with zero attached hydrogens (tertiary/aromatic N) is 2. The molecule has 0 aliphatic heterocycles. The van der Waals surface area contributed by atoms with E-state index in [-0.39, 0.29) is 10.8 Å². The Labute approximate surface area is 141 Å². The van der Waals surface area contributed by atoms with Crippen LogP contribution in [0.2, 0.25) is 0 Å². The van der Waals surface area contributed by atoms with Crippen molar-refractivity contribution in [2.75, 3.05) is 6.61 Å². The van der Waals surface area contributed by atoms with Gasteiger partial charge in [0.15, 0.2) is 5.43 Å². The summed E-state index contributed by atoms with van der Waals surface area (Å²) < 4.78 is 7.90. The minimum absolute atomic E-state index is 0.0162. The summed E-state index contributed by atoms with van der Waals surface area (Å²) in [6.07, 6.45) is 5.15. The second-order valence-corrected chi connectivity index (χ2v) is 6.89. The van der Waals surface area contributed by atoms with E-state index in [1.54, 1.807) is 30.7 Å². The molecule has 0 atom stereocenters. The summed E-state index contributed by atoms with van der Waals surface area (Å²) in [5, 5.41) is 0.683. The third-order valence-electron chi connectivity index (χ3n) is 4.08. The van der Waals surface area contributed by atoms with Gasteiger partial charge < -0.3 is 9.30 Å². The predicted octanol–water partition coefficient (Wildman–Crippen LogP) is 3.77. The molecule has 0 N–H and O–H groups in total. The average molecular weight is 322 g/mol. The molecule has 0 aliphatic rings. The zero-order valence-electron chi connectivity index (χ0n) is 14.3. The number of hydrogen-bond donors (Lipinski definition) is 0. The maximum absolute atomic E-state index is 11.9. The first-order chi connectivity index (χ1) is 11.4. The number of aromatic nitrogens is 2. The van der Waals surface area contributed by atoms with E-state index < -0.39 is 0 Å². The maximum atomic E-state index is 11.9. The smallest absolute Gasteiger partial charge is 0.189 e. The predicted molar refractivity (Wildman–Crippen MR) is 96.6 cm³/mol. The molecule has 2 aromatic heterocycles. The highest BCUT2D eigenvalue weighted by atomic mass is 16.5. The van der Waals surface area contributed by atoms with Crippen molar-refractivity contribution in [2.45, 2.75) is 32.7 Å². The van der Waals surface area contributed by atoms with Gasteiger partial charge in [0.25, 0.3) is 0 Å². The molecule has 0 fully saturated rings. The Bertz CT molecular complexity index is 907. The van der Waals surface area contributed by atoms with Gasteiger partial charge in [-0.25, -0.2) is 0 Å². The van der Waals surface area contributed by atoms with Crippen molar-refractivity contribution in [2.24, 2.45) is 0 Å². The molecular formula is C20H22N2O2. The van der Waals surface area contributed by atoms with Crippen LogP contribution in [0.5, 0.6) is 5.75 Å². The second kappa shape index (κ2) is 6.48. The Morgan fingerprint density at radius 1 is 1.17 bits per heavy atom. The van der Waals surface area contributed by atoms with Crippen molar-refractivity contribution >= 4 is 10.9 Å². The molecule has 1 aromatic carbocycles. The molecule has 4 heteroatoms. The molecule has 0 unspecified atom stereocenters. The lowest BCUT2D eigenvalue weighted by atomic mass is 9.87. The lowest BCUT2D eigenvalue weighted by molar-refractivity contribution is 0.299. The van der Waals surface area contributed by atoms with Gasteiger partial charge in [-0.1, -0.05) is 32.9 Å². The van der Waals surface area contributed by atoms with Gasteiger partial charge in [-0.15, -0.1) is 0 Å². The van der Waals surface area contributed by atoms with E-state index in [2.05, 4.69) is 37.9 Å². The molecule has 3 aromatic rings. The third kappa shape index (κ3) is 3.48. The largest absolute Gasteiger partial charge is 0.492 e. The lowest BCUT2D eigenvalue weighted by Gasteiger charge is -2.20. The number of benzene rings is 1. The van der Waals surface area contributed by atoms with Crippen molar-refractivity contribution < 1.29 is 4.74 Å². The Balaban J connectivity index is 1.74. The van der Waals surface area contributed by atoms with Gasteiger partial charge in [0.1, 0.15) is 12.4 Å². The molecule has 0 spiro atoms. The molecule has 0 amide bonds. The molecule has 2 heterocycles. The minimum Gasteiger partial charge on any atom is -0.492 e. The SMILES string of the molecule is CC(C)(C)c1cccc(OCCn2ccc(=O)c3ccncc32)c1. The fraction of sp³-hybridized carbons (Fsp3) is 0.300. The van der Waals surface area contributed by atoms with Gasteiger partial charge in [-0.05, 0) is 29.2 Å². The average Bonchev–Trinajstić information content (AvgIpc) is 2.57. The van der Waals surface area contributed by atoms with Crippen molar-refractivity contribution in [3.63, 3.8) is 0 Å². The number of hydrogen-bond acceptors (Lipinski definition) is 3. The monoisotopic (exact) mass is 322 g/mol. The van der Waals surface area contributed by atoms with Crippen LogP contribution < -0.4 is 10.2 Å². The van der Waals surface area contributed by atoms with Crippen molar-refractivity contribution in [1.82, 2.24) is 9.55 Å². The van der Waals surface area contributed by atoms with Gasteiger partial charge in [0.05, 0.1) is 18.3 Å². The molecule has 124 valence electrons. The number of rotatable bonds is 4. The van der Waals surface area contributed by atoms with E-state index in [9.17, 15) is 4.79 Å². The van der Waals surface area contributed by atoms with Crippen molar-refractivity contribution in [3.8, 4) is 5.75 Å². The van der Waals surface area contributed by atoms with Crippen LogP contribution in [0.4, 0.5) is 0 Å². The normalized spacial score (nSPS) is 11.6. The summed E-state index contributed by atoms with van der Waals surface area (Å²) in [6.45, 7) is 7.74. The zero-order valence-corrected chi connectivity index (χ0v) is 14.3. The van der Waals surface area contributed by atoms with Gasteiger partial charge in [-0.2, -0.15) is 0 Å². The summed E-state index contributed by atoms with van der Waals surface area (Å²) in [5.74, 6) is 0.867. The molecule has 4 nitrogen and oxygen atoms in total. The van der Waals surface area contributed by atoms with E-state index in [0.29, 0.717) is 18.5 Å². The van der Waals surface area contributed by atoms with Crippen LogP contribution in [0.3, 0.4) is 0 Å². The highest BCUT2D eigenvalue weighted by molar-refractivity contribution is 5.77. The lowest BCUT2D eigenvalue weighted by Crippen LogP contribution is -2.14. The highest BCUT2D eigenvalue weighted by Crippen LogP contribution is 2.25. The van der Waals surface area contributed by atoms with E-state index in [4.69, 9.17) is 4.74 Å². The molecule has 0 radical (unpaired) electrons. The number of pyridine rings is 2. The van der Waals surface area contributed by atoms with Crippen LogP contribution in [-0.2, 0) is 12.0 Å². The summed E-state index contributed by atoms with van der Waals surface area (Å²) in [6, 6.07) is 11.5. The molecule has 24 heavy (non-hydrogen) atoms. The van der Waals surface area contributed by atoms with Crippen LogP contribution >= 0.6 is 0 Å². The number of ether oxygens (including phenoxy) is 1. The summed E-state index contributed by atoms with van der Waals surface area (Å²) >= 11 is 0. The van der Waals surface area contributed by atoms with E-state index in [1.165, 1.54) is 5.56 Å². The van der Waals surface area contributed by atoms with E-state index in [0.717, 1.165) is 11.3 Å². The third-order valence-corrected chi connectivity index (χ3v) is 4.08. The molecule has 0 saturated heterocycles. The molecule has 3 rings (SSSR count). The summed E-state index contributed by atoms with van der Waals surface area (Å²) in [4.78, 5) is 16.0. The molecule has 0 bridgehead atoms. The van der Waals surface area contributed by atoms with Gasteiger partial charge in [0.2, 0.25) is 0 Å². The number of fused-ring (bicyclic) bond motifs is 1. The van der Waals surface area contributed by atoms with E-state index in [1.807, 2.05) is 16.7 Å². The first-order valence-electron chi connectivity index (χ1n) is 8.12. The zero-order chi connectivity index (χ0) is 17.2. The van der Waals surface area contributed by atoms with Crippen molar-refractivity contribution in [3.05, 3.63) is 70.8 Å². The Morgan fingerprint density at radius 3 is 2.79 bits per heavy atom. The Morgan fingerprint density at radius 2 is 2.00 bits per heavy atom. The topological polar surface area (TPSA) is 44.1 Å². The van der Waals surface area contributed by atoms with Gasteiger partial charge in [0, 0.05) is 23.8 Å². The maximum Gasteiger partial charge on any atom is 0.189 e. The fourth-order valence-electron chi connectivity index (χ4n) is 2.66. The first kappa shape index (κ1) is 16.2. The minimum atomic E-state index is 0.0162. The Hall–Kier alpha value is -2.62. The van der Waals surface area contributed by atoms with Crippen LogP contribution in [0.25, 0.3) is 10.9 Å².